The van der Waals surface area contributed by atoms with Gasteiger partial charge in [-0.2, -0.15) is 0 Å². The van der Waals surface area contributed by atoms with Crippen molar-refractivity contribution in [3.63, 3.8) is 0 Å². The molecule has 6 heteroatoms. The molecule has 0 aliphatic heterocycles. The SMILES string of the molecule is CCOC(=O)CN(CC)C(=O)C(C)n1cnc2ccccc21. The summed E-state index contributed by atoms with van der Waals surface area (Å²) in [4.78, 5) is 30.0. The Kier molecular flexibility index (Phi) is 5.14. The van der Waals surface area contributed by atoms with Crippen molar-refractivity contribution in [2.45, 2.75) is 26.8 Å². The highest BCUT2D eigenvalue weighted by molar-refractivity contribution is 5.86. The van der Waals surface area contributed by atoms with Crippen LogP contribution in [0.4, 0.5) is 0 Å². The third-order valence-electron chi connectivity index (χ3n) is 3.57. The standard InChI is InChI=1S/C16H21N3O3/c1-4-18(10-15(20)22-5-2)16(21)12(3)19-11-17-13-8-6-7-9-14(13)19/h6-9,11-12H,4-5,10H2,1-3H3. The van der Waals surface area contributed by atoms with E-state index in [0.29, 0.717) is 13.2 Å². The smallest absolute Gasteiger partial charge is 0.325 e. The van der Waals surface area contributed by atoms with Crippen LogP contribution in [0.15, 0.2) is 30.6 Å². The van der Waals surface area contributed by atoms with E-state index in [1.807, 2.05) is 42.7 Å². The third kappa shape index (κ3) is 3.27. The maximum Gasteiger partial charge on any atom is 0.325 e. The van der Waals surface area contributed by atoms with E-state index >= 15 is 0 Å². The van der Waals surface area contributed by atoms with Crippen LogP contribution in [0.2, 0.25) is 0 Å². The number of ether oxygens (including phenoxy) is 1. The second-order valence-electron chi connectivity index (χ2n) is 4.97. The topological polar surface area (TPSA) is 64.4 Å². The van der Waals surface area contributed by atoms with Gasteiger partial charge in [-0.3, -0.25) is 9.59 Å². The molecule has 2 rings (SSSR count). The van der Waals surface area contributed by atoms with Gasteiger partial charge in [-0.15, -0.1) is 0 Å². The highest BCUT2D eigenvalue weighted by Crippen LogP contribution is 2.19. The fourth-order valence-corrected chi connectivity index (χ4v) is 2.38. The fraction of sp³-hybridized carbons (Fsp3) is 0.438. The van der Waals surface area contributed by atoms with Gasteiger partial charge in [0.25, 0.3) is 0 Å². The van der Waals surface area contributed by atoms with Crippen LogP contribution in [-0.2, 0) is 14.3 Å². The summed E-state index contributed by atoms with van der Waals surface area (Å²) in [6, 6.07) is 7.22. The van der Waals surface area contributed by atoms with E-state index in [4.69, 9.17) is 4.74 Å². The van der Waals surface area contributed by atoms with Crippen molar-refractivity contribution in [1.29, 1.82) is 0 Å². The van der Waals surface area contributed by atoms with Crippen LogP contribution in [0.5, 0.6) is 0 Å². The summed E-state index contributed by atoms with van der Waals surface area (Å²) in [5.41, 5.74) is 1.74. The molecule has 6 nitrogen and oxygen atoms in total. The lowest BCUT2D eigenvalue weighted by molar-refractivity contribution is -0.149. The number of likely N-dealkylation sites (N-methyl/N-ethyl adjacent to an activating group) is 1. The molecule has 1 aromatic heterocycles. The highest BCUT2D eigenvalue weighted by Gasteiger charge is 2.24. The summed E-state index contributed by atoms with van der Waals surface area (Å²) in [6.07, 6.45) is 1.66. The van der Waals surface area contributed by atoms with Crippen LogP contribution in [-0.4, -0.2) is 46.0 Å². The molecule has 0 fully saturated rings. The molecule has 0 aliphatic carbocycles. The maximum absolute atomic E-state index is 12.6. The summed E-state index contributed by atoms with van der Waals surface area (Å²) in [6.45, 7) is 6.14. The predicted molar refractivity (Wildman–Crippen MR) is 83.3 cm³/mol. The van der Waals surface area contributed by atoms with Crippen molar-refractivity contribution in [3.8, 4) is 0 Å². The second-order valence-corrected chi connectivity index (χ2v) is 4.97. The van der Waals surface area contributed by atoms with Crippen molar-refractivity contribution >= 4 is 22.9 Å². The maximum atomic E-state index is 12.6. The Morgan fingerprint density at radius 2 is 2.05 bits per heavy atom. The Bertz CT molecular complexity index is 665. The molecule has 0 N–H and O–H groups in total. The fourth-order valence-electron chi connectivity index (χ4n) is 2.38. The number of imidazole rings is 1. The van der Waals surface area contributed by atoms with Gasteiger partial charge in [0.2, 0.25) is 5.91 Å². The average Bonchev–Trinajstić information content (AvgIpc) is 2.95. The summed E-state index contributed by atoms with van der Waals surface area (Å²) in [5, 5.41) is 0. The molecule has 0 aliphatic rings. The number of hydrogen-bond donors (Lipinski definition) is 0. The molecular weight excluding hydrogens is 282 g/mol. The van der Waals surface area contributed by atoms with Gasteiger partial charge < -0.3 is 14.2 Å². The first kappa shape index (κ1) is 16.0. The van der Waals surface area contributed by atoms with Gasteiger partial charge >= 0.3 is 5.97 Å². The number of amides is 1. The molecule has 1 heterocycles. The minimum atomic E-state index is -0.429. The Balaban J connectivity index is 2.18. The molecular formula is C16H21N3O3. The van der Waals surface area contributed by atoms with E-state index in [1.165, 1.54) is 4.90 Å². The molecule has 0 bridgehead atoms. The van der Waals surface area contributed by atoms with Crippen molar-refractivity contribution in [2.24, 2.45) is 0 Å². The molecule has 0 saturated carbocycles. The number of esters is 1. The van der Waals surface area contributed by atoms with Gasteiger partial charge in [0, 0.05) is 6.54 Å². The lowest BCUT2D eigenvalue weighted by Gasteiger charge is -2.24. The summed E-state index contributed by atoms with van der Waals surface area (Å²) in [5.74, 6) is -0.515. The van der Waals surface area contributed by atoms with E-state index in [1.54, 1.807) is 13.3 Å². The number of carbonyl (C=O) groups is 2. The first-order valence-corrected chi connectivity index (χ1v) is 7.44. The number of aromatic nitrogens is 2. The van der Waals surface area contributed by atoms with Crippen LogP contribution >= 0.6 is 0 Å². The lowest BCUT2D eigenvalue weighted by atomic mass is 10.2. The summed E-state index contributed by atoms with van der Waals surface area (Å²) >= 11 is 0. The molecule has 1 unspecified atom stereocenters. The predicted octanol–water partition coefficient (Wildman–Crippen LogP) is 2.01. The Morgan fingerprint density at radius 3 is 2.73 bits per heavy atom. The molecule has 1 aromatic carbocycles. The number of benzene rings is 1. The number of rotatable bonds is 6. The van der Waals surface area contributed by atoms with Crippen LogP contribution in [0.1, 0.15) is 26.8 Å². The van der Waals surface area contributed by atoms with Crippen LogP contribution < -0.4 is 0 Å². The van der Waals surface area contributed by atoms with E-state index in [2.05, 4.69) is 4.98 Å². The van der Waals surface area contributed by atoms with Crippen LogP contribution in [0, 0.1) is 0 Å². The Morgan fingerprint density at radius 1 is 1.32 bits per heavy atom. The molecule has 1 atom stereocenters. The van der Waals surface area contributed by atoms with Gasteiger partial charge in [-0.1, -0.05) is 12.1 Å². The third-order valence-corrected chi connectivity index (χ3v) is 3.57. The molecule has 118 valence electrons. The first-order chi connectivity index (χ1) is 10.6. The minimum Gasteiger partial charge on any atom is -0.465 e. The van der Waals surface area contributed by atoms with Crippen molar-refractivity contribution in [1.82, 2.24) is 14.5 Å². The van der Waals surface area contributed by atoms with Gasteiger partial charge in [0.15, 0.2) is 0 Å². The summed E-state index contributed by atoms with van der Waals surface area (Å²) in [7, 11) is 0. The van der Waals surface area contributed by atoms with Gasteiger partial charge in [0.05, 0.1) is 24.0 Å². The van der Waals surface area contributed by atoms with Gasteiger partial charge in [-0.25, -0.2) is 4.98 Å². The zero-order valence-corrected chi connectivity index (χ0v) is 13.2. The monoisotopic (exact) mass is 303 g/mol. The molecule has 0 spiro atoms. The van der Waals surface area contributed by atoms with Crippen molar-refractivity contribution in [3.05, 3.63) is 30.6 Å². The van der Waals surface area contributed by atoms with Crippen LogP contribution in [0.3, 0.4) is 0 Å². The normalized spacial score (nSPS) is 12.1. The highest BCUT2D eigenvalue weighted by atomic mass is 16.5. The molecule has 0 radical (unpaired) electrons. The minimum absolute atomic E-state index is 0.0276. The number of carbonyl (C=O) groups excluding carboxylic acids is 2. The largest absolute Gasteiger partial charge is 0.465 e. The average molecular weight is 303 g/mol. The second kappa shape index (κ2) is 7.06. The number of para-hydroxylation sites is 2. The van der Waals surface area contributed by atoms with Crippen LogP contribution in [0.25, 0.3) is 11.0 Å². The first-order valence-electron chi connectivity index (χ1n) is 7.44. The number of nitrogens with zero attached hydrogens (tertiary/aromatic N) is 3. The Labute approximate surface area is 129 Å². The van der Waals surface area contributed by atoms with E-state index in [0.717, 1.165) is 11.0 Å². The molecule has 22 heavy (non-hydrogen) atoms. The zero-order chi connectivity index (χ0) is 16.1. The van der Waals surface area contributed by atoms with E-state index in [-0.39, 0.29) is 18.4 Å². The zero-order valence-electron chi connectivity index (χ0n) is 13.2. The number of fused-ring (bicyclic) bond motifs is 1. The summed E-state index contributed by atoms with van der Waals surface area (Å²) < 4.78 is 6.74. The van der Waals surface area contributed by atoms with Crippen molar-refractivity contribution < 1.29 is 14.3 Å². The lowest BCUT2D eigenvalue weighted by Crippen LogP contribution is -2.40. The Hall–Kier alpha value is -2.37. The quantitative estimate of drug-likeness (QED) is 0.766. The van der Waals surface area contributed by atoms with E-state index in [9.17, 15) is 9.59 Å². The van der Waals surface area contributed by atoms with Gasteiger partial charge in [0.1, 0.15) is 12.6 Å². The van der Waals surface area contributed by atoms with Gasteiger partial charge in [-0.05, 0) is 32.9 Å². The van der Waals surface area contributed by atoms with Crippen molar-refractivity contribution in [2.75, 3.05) is 19.7 Å². The number of hydrogen-bond acceptors (Lipinski definition) is 4. The molecule has 1 amide bonds. The molecule has 0 saturated heterocycles. The molecule has 2 aromatic rings. The van der Waals surface area contributed by atoms with E-state index < -0.39 is 6.04 Å².